The van der Waals surface area contributed by atoms with Crippen LogP contribution in [-0.4, -0.2) is 45.2 Å². The van der Waals surface area contributed by atoms with Gasteiger partial charge in [0.25, 0.3) is 5.91 Å². The van der Waals surface area contributed by atoms with Crippen molar-refractivity contribution in [1.82, 2.24) is 4.90 Å². The van der Waals surface area contributed by atoms with E-state index in [2.05, 4.69) is 0 Å². The molecule has 0 aliphatic heterocycles. The highest BCUT2D eigenvalue weighted by molar-refractivity contribution is 5.98. The number of amides is 1. The van der Waals surface area contributed by atoms with Gasteiger partial charge in [0.1, 0.15) is 12.3 Å². The van der Waals surface area contributed by atoms with E-state index in [4.69, 9.17) is 19.5 Å². The van der Waals surface area contributed by atoms with E-state index in [0.29, 0.717) is 29.4 Å². The fraction of sp³-hybridized carbons (Fsp3) is 0.429. The summed E-state index contributed by atoms with van der Waals surface area (Å²) in [4.78, 5) is 13.8. The predicted molar refractivity (Wildman–Crippen MR) is 73.3 cm³/mol. The molecule has 0 spiro atoms. The number of nitriles is 1. The first-order chi connectivity index (χ1) is 9.62. The molecule has 0 saturated carbocycles. The summed E-state index contributed by atoms with van der Waals surface area (Å²) in [6.07, 6.45) is 0. The molecular weight excluding hydrogens is 260 g/mol. The van der Waals surface area contributed by atoms with Crippen LogP contribution in [0.25, 0.3) is 0 Å². The zero-order chi connectivity index (χ0) is 15.1. The van der Waals surface area contributed by atoms with E-state index in [-0.39, 0.29) is 12.5 Å². The van der Waals surface area contributed by atoms with E-state index in [1.165, 1.54) is 26.2 Å². The molecule has 1 amide bonds. The summed E-state index contributed by atoms with van der Waals surface area (Å²) in [6, 6.07) is 5.11. The van der Waals surface area contributed by atoms with Gasteiger partial charge in [-0.2, -0.15) is 5.26 Å². The molecule has 6 heteroatoms. The molecular formula is C14H18N2O4. The third kappa shape index (κ3) is 3.12. The predicted octanol–water partition coefficient (Wildman–Crippen LogP) is 1.70. The number of methoxy groups -OCH3 is 3. The van der Waals surface area contributed by atoms with Gasteiger partial charge in [0.2, 0.25) is 0 Å². The fourth-order valence-corrected chi connectivity index (χ4v) is 1.78. The molecule has 0 aliphatic rings. The zero-order valence-corrected chi connectivity index (χ0v) is 12.1. The van der Waals surface area contributed by atoms with Crippen molar-refractivity contribution in [3.63, 3.8) is 0 Å². The average molecular weight is 278 g/mol. The summed E-state index contributed by atoms with van der Waals surface area (Å²) in [5.41, 5.74) is 0.335. The maximum atomic E-state index is 12.4. The molecule has 0 saturated heterocycles. The van der Waals surface area contributed by atoms with Crippen molar-refractivity contribution in [2.45, 2.75) is 6.92 Å². The van der Waals surface area contributed by atoms with Crippen LogP contribution in [0, 0.1) is 11.3 Å². The van der Waals surface area contributed by atoms with Gasteiger partial charge in [-0.05, 0) is 6.92 Å². The number of carbonyl (C=O) groups is 1. The van der Waals surface area contributed by atoms with Crippen LogP contribution in [0.5, 0.6) is 17.2 Å². The molecule has 0 atom stereocenters. The molecule has 0 unspecified atom stereocenters. The van der Waals surface area contributed by atoms with Crippen molar-refractivity contribution in [2.75, 3.05) is 34.4 Å². The second-order valence-electron chi connectivity index (χ2n) is 3.88. The highest BCUT2D eigenvalue weighted by Crippen LogP contribution is 2.35. The molecule has 0 radical (unpaired) electrons. The average Bonchev–Trinajstić information content (AvgIpc) is 2.50. The normalized spacial score (nSPS) is 9.55. The lowest BCUT2D eigenvalue weighted by Gasteiger charge is -2.20. The topological polar surface area (TPSA) is 71.8 Å². The minimum absolute atomic E-state index is 0.0207. The number of rotatable bonds is 6. The van der Waals surface area contributed by atoms with Gasteiger partial charge in [0.05, 0.1) is 33.0 Å². The molecule has 0 heterocycles. The maximum absolute atomic E-state index is 12.4. The van der Waals surface area contributed by atoms with E-state index >= 15 is 0 Å². The van der Waals surface area contributed by atoms with Gasteiger partial charge in [-0.1, -0.05) is 0 Å². The van der Waals surface area contributed by atoms with Crippen LogP contribution in [0.15, 0.2) is 12.1 Å². The molecule has 6 nitrogen and oxygen atoms in total. The quantitative estimate of drug-likeness (QED) is 0.741. The molecule has 0 fully saturated rings. The Labute approximate surface area is 118 Å². The van der Waals surface area contributed by atoms with E-state index in [9.17, 15) is 4.79 Å². The highest BCUT2D eigenvalue weighted by Gasteiger charge is 2.21. The van der Waals surface area contributed by atoms with Gasteiger partial charge in [-0.15, -0.1) is 0 Å². The first kappa shape index (κ1) is 15.6. The van der Waals surface area contributed by atoms with Gasteiger partial charge in [-0.3, -0.25) is 4.79 Å². The van der Waals surface area contributed by atoms with Crippen LogP contribution in [0.1, 0.15) is 17.3 Å². The molecule has 0 aromatic heterocycles. The third-order valence-corrected chi connectivity index (χ3v) is 2.87. The summed E-state index contributed by atoms with van der Waals surface area (Å²) in [5.74, 6) is 1.00. The van der Waals surface area contributed by atoms with E-state index in [1.807, 2.05) is 13.0 Å². The molecule has 108 valence electrons. The Morgan fingerprint density at radius 2 is 1.70 bits per heavy atom. The Morgan fingerprint density at radius 3 is 2.15 bits per heavy atom. The molecule has 1 aromatic rings. The van der Waals surface area contributed by atoms with Crippen molar-refractivity contribution in [3.05, 3.63) is 17.7 Å². The zero-order valence-electron chi connectivity index (χ0n) is 12.1. The number of benzene rings is 1. The smallest absolute Gasteiger partial charge is 0.258 e. The number of hydrogen-bond acceptors (Lipinski definition) is 5. The Hall–Kier alpha value is -2.42. The lowest BCUT2D eigenvalue weighted by Crippen LogP contribution is -2.31. The fourth-order valence-electron chi connectivity index (χ4n) is 1.78. The Bertz CT molecular complexity index is 523. The second-order valence-corrected chi connectivity index (χ2v) is 3.88. The Morgan fingerprint density at radius 1 is 1.15 bits per heavy atom. The lowest BCUT2D eigenvalue weighted by atomic mass is 10.1. The van der Waals surface area contributed by atoms with Gasteiger partial charge >= 0.3 is 0 Å². The highest BCUT2D eigenvalue weighted by atomic mass is 16.5. The van der Waals surface area contributed by atoms with E-state index in [1.54, 1.807) is 12.1 Å². The minimum atomic E-state index is -0.285. The summed E-state index contributed by atoms with van der Waals surface area (Å²) < 4.78 is 15.6. The number of hydrogen-bond donors (Lipinski definition) is 0. The van der Waals surface area contributed by atoms with Gasteiger partial charge < -0.3 is 19.1 Å². The standard InChI is InChI=1S/C14H18N2O4/c1-5-16(7-6-15)14(17)10-8-12(19-3)13(20-4)9-11(10)18-2/h8-9H,5,7H2,1-4H3. The summed E-state index contributed by atoms with van der Waals surface area (Å²) in [6.45, 7) is 2.26. The largest absolute Gasteiger partial charge is 0.496 e. The summed E-state index contributed by atoms with van der Waals surface area (Å²) in [7, 11) is 4.47. The Balaban J connectivity index is 3.28. The monoisotopic (exact) mass is 278 g/mol. The SMILES string of the molecule is CCN(CC#N)C(=O)c1cc(OC)c(OC)cc1OC. The molecule has 20 heavy (non-hydrogen) atoms. The van der Waals surface area contributed by atoms with Crippen molar-refractivity contribution in [3.8, 4) is 23.3 Å². The molecule has 0 aliphatic carbocycles. The van der Waals surface area contributed by atoms with Crippen molar-refractivity contribution >= 4 is 5.91 Å². The van der Waals surface area contributed by atoms with Crippen LogP contribution < -0.4 is 14.2 Å². The van der Waals surface area contributed by atoms with Crippen LogP contribution in [0.2, 0.25) is 0 Å². The van der Waals surface area contributed by atoms with Gasteiger partial charge in [0.15, 0.2) is 11.5 Å². The second kappa shape index (κ2) is 7.24. The number of ether oxygens (including phenoxy) is 3. The van der Waals surface area contributed by atoms with Crippen LogP contribution in [0.4, 0.5) is 0 Å². The van der Waals surface area contributed by atoms with E-state index < -0.39 is 0 Å². The molecule has 0 N–H and O–H groups in total. The van der Waals surface area contributed by atoms with Gasteiger partial charge in [-0.25, -0.2) is 0 Å². The summed E-state index contributed by atoms with van der Waals surface area (Å²) >= 11 is 0. The first-order valence-corrected chi connectivity index (χ1v) is 6.09. The van der Waals surface area contributed by atoms with Crippen LogP contribution in [-0.2, 0) is 0 Å². The third-order valence-electron chi connectivity index (χ3n) is 2.87. The van der Waals surface area contributed by atoms with Crippen molar-refractivity contribution < 1.29 is 19.0 Å². The minimum Gasteiger partial charge on any atom is -0.496 e. The number of nitrogens with zero attached hydrogens (tertiary/aromatic N) is 2. The van der Waals surface area contributed by atoms with Crippen LogP contribution >= 0.6 is 0 Å². The molecule has 1 aromatic carbocycles. The van der Waals surface area contributed by atoms with E-state index in [0.717, 1.165) is 0 Å². The number of carbonyl (C=O) groups excluding carboxylic acids is 1. The lowest BCUT2D eigenvalue weighted by molar-refractivity contribution is 0.0780. The van der Waals surface area contributed by atoms with Gasteiger partial charge in [0, 0.05) is 18.7 Å². The first-order valence-electron chi connectivity index (χ1n) is 6.09. The maximum Gasteiger partial charge on any atom is 0.258 e. The van der Waals surface area contributed by atoms with Crippen LogP contribution in [0.3, 0.4) is 0 Å². The summed E-state index contributed by atoms with van der Waals surface area (Å²) in [5, 5.41) is 8.75. The Kier molecular flexibility index (Phi) is 5.66. The van der Waals surface area contributed by atoms with Crippen molar-refractivity contribution in [1.29, 1.82) is 5.26 Å². The molecule has 0 bridgehead atoms. The molecule has 1 rings (SSSR count). The van der Waals surface area contributed by atoms with Crippen molar-refractivity contribution in [2.24, 2.45) is 0 Å².